The molecule has 0 spiro atoms. The third-order valence-electron chi connectivity index (χ3n) is 1.79. The number of benzene rings is 1. The standard InChI is InChI=1S/C9H7F4NO/c1-5-2-3-6(14-8(10)15)4-7(5)9(11,12)13/h2-4H,1H3,(H,14,15). The van der Waals surface area contributed by atoms with E-state index in [1.165, 1.54) is 13.0 Å². The predicted octanol–water partition coefficient (Wildman–Crippen LogP) is 3.52. The third kappa shape index (κ3) is 2.93. The van der Waals surface area contributed by atoms with Crippen LogP contribution in [-0.4, -0.2) is 6.16 Å². The van der Waals surface area contributed by atoms with Gasteiger partial charge in [0.05, 0.1) is 5.56 Å². The molecule has 0 atom stereocenters. The fraction of sp³-hybridized carbons (Fsp3) is 0.222. The minimum absolute atomic E-state index is 0.0133. The minimum atomic E-state index is -4.51. The Morgan fingerprint density at radius 3 is 2.40 bits per heavy atom. The summed E-state index contributed by atoms with van der Waals surface area (Å²) in [7, 11) is 0. The zero-order chi connectivity index (χ0) is 11.6. The third-order valence-corrected chi connectivity index (χ3v) is 1.79. The molecule has 0 radical (unpaired) electrons. The molecule has 82 valence electrons. The number of nitrogens with one attached hydrogen (secondary N) is 1. The van der Waals surface area contributed by atoms with E-state index in [0.29, 0.717) is 6.07 Å². The fourth-order valence-corrected chi connectivity index (χ4v) is 1.12. The molecule has 0 aromatic heterocycles. The van der Waals surface area contributed by atoms with Gasteiger partial charge in [-0.25, -0.2) is 4.79 Å². The van der Waals surface area contributed by atoms with Gasteiger partial charge in [0.25, 0.3) is 0 Å². The first-order valence-corrected chi connectivity index (χ1v) is 3.95. The van der Waals surface area contributed by atoms with E-state index < -0.39 is 17.9 Å². The number of hydrogen-bond acceptors (Lipinski definition) is 1. The van der Waals surface area contributed by atoms with Gasteiger partial charge in [0.2, 0.25) is 0 Å². The Balaban J connectivity index is 3.11. The lowest BCUT2D eigenvalue weighted by atomic mass is 10.1. The molecule has 1 aromatic rings. The summed E-state index contributed by atoms with van der Waals surface area (Å²) < 4.78 is 49.0. The zero-order valence-corrected chi connectivity index (χ0v) is 7.65. The summed E-state index contributed by atoms with van der Waals surface area (Å²) in [6.45, 7) is 1.28. The van der Waals surface area contributed by atoms with Crippen LogP contribution in [0.5, 0.6) is 0 Å². The maximum atomic E-state index is 12.4. The Morgan fingerprint density at radius 2 is 1.93 bits per heavy atom. The van der Waals surface area contributed by atoms with Crippen LogP contribution in [0.3, 0.4) is 0 Å². The molecule has 0 fully saturated rings. The molecule has 1 aromatic carbocycles. The van der Waals surface area contributed by atoms with Gasteiger partial charge < -0.3 is 0 Å². The molecule has 0 saturated carbocycles. The van der Waals surface area contributed by atoms with Crippen LogP contribution in [0.2, 0.25) is 0 Å². The van der Waals surface area contributed by atoms with Crippen LogP contribution in [0.15, 0.2) is 18.2 Å². The van der Waals surface area contributed by atoms with Crippen molar-refractivity contribution in [3.8, 4) is 0 Å². The van der Waals surface area contributed by atoms with Gasteiger partial charge in [0, 0.05) is 5.69 Å². The molecule has 0 aliphatic carbocycles. The van der Waals surface area contributed by atoms with E-state index in [1.807, 2.05) is 0 Å². The van der Waals surface area contributed by atoms with Crippen LogP contribution in [0, 0.1) is 6.92 Å². The minimum Gasteiger partial charge on any atom is -0.298 e. The van der Waals surface area contributed by atoms with Crippen molar-refractivity contribution < 1.29 is 22.4 Å². The van der Waals surface area contributed by atoms with Crippen LogP contribution < -0.4 is 5.32 Å². The van der Waals surface area contributed by atoms with Crippen molar-refractivity contribution in [2.75, 3.05) is 5.32 Å². The van der Waals surface area contributed by atoms with Crippen molar-refractivity contribution in [2.24, 2.45) is 0 Å². The van der Waals surface area contributed by atoms with Crippen molar-refractivity contribution >= 4 is 11.8 Å². The highest BCUT2D eigenvalue weighted by Gasteiger charge is 2.32. The lowest BCUT2D eigenvalue weighted by Crippen LogP contribution is -2.09. The quantitative estimate of drug-likeness (QED) is 0.438. The molecule has 0 bridgehead atoms. The van der Waals surface area contributed by atoms with Crippen LogP contribution in [0.1, 0.15) is 11.1 Å². The van der Waals surface area contributed by atoms with E-state index in [9.17, 15) is 22.4 Å². The van der Waals surface area contributed by atoms with Crippen molar-refractivity contribution in [3.05, 3.63) is 29.3 Å². The average molecular weight is 221 g/mol. The molecule has 0 aliphatic heterocycles. The Bertz CT molecular complexity index is 386. The van der Waals surface area contributed by atoms with Crippen molar-refractivity contribution in [1.82, 2.24) is 0 Å². The number of hydrogen-bond donors (Lipinski definition) is 1. The zero-order valence-electron chi connectivity index (χ0n) is 7.65. The molecule has 1 rings (SSSR count). The summed E-state index contributed by atoms with van der Waals surface area (Å²) >= 11 is 0. The highest BCUT2D eigenvalue weighted by Crippen LogP contribution is 2.33. The van der Waals surface area contributed by atoms with Crippen molar-refractivity contribution in [1.29, 1.82) is 0 Å². The van der Waals surface area contributed by atoms with E-state index in [2.05, 4.69) is 0 Å². The molecule has 0 aliphatic rings. The van der Waals surface area contributed by atoms with Gasteiger partial charge in [-0.1, -0.05) is 6.07 Å². The van der Waals surface area contributed by atoms with E-state index in [-0.39, 0.29) is 11.3 Å². The number of amides is 1. The molecular formula is C9H7F4NO. The number of aryl methyl sites for hydroxylation is 1. The second-order valence-corrected chi connectivity index (χ2v) is 2.93. The molecule has 0 unspecified atom stereocenters. The predicted molar refractivity (Wildman–Crippen MR) is 46.3 cm³/mol. The summed E-state index contributed by atoms with van der Waals surface area (Å²) in [5.41, 5.74) is -1.10. The number of rotatable bonds is 1. The molecule has 1 N–H and O–H groups in total. The first-order chi connectivity index (χ1) is 6.80. The van der Waals surface area contributed by atoms with Crippen LogP contribution in [0.25, 0.3) is 0 Å². The van der Waals surface area contributed by atoms with E-state index in [4.69, 9.17) is 0 Å². The second-order valence-electron chi connectivity index (χ2n) is 2.93. The fourth-order valence-electron chi connectivity index (χ4n) is 1.12. The summed E-state index contributed by atoms with van der Waals surface area (Å²) in [6, 6.07) is 3.04. The Kier molecular flexibility index (Phi) is 2.97. The van der Waals surface area contributed by atoms with Crippen LogP contribution in [-0.2, 0) is 6.18 Å². The maximum absolute atomic E-state index is 12.4. The molecular weight excluding hydrogens is 214 g/mol. The van der Waals surface area contributed by atoms with Crippen LogP contribution >= 0.6 is 0 Å². The number of anilines is 1. The normalized spacial score (nSPS) is 11.3. The maximum Gasteiger partial charge on any atom is 0.416 e. The van der Waals surface area contributed by atoms with Gasteiger partial charge in [0.15, 0.2) is 0 Å². The molecule has 0 saturated heterocycles. The van der Waals surface area contributed by atoms with E-state index >= 15 is 0 Å². The lowest BCUT2D eigenvalue weighted by Gasteiger charge is -2.11. The number of alkyl halides is 3. The van der Waals surface area contributed by atoms with Gasteiger partial charge in [-0.05, 0) is 24.6 Å². The molecule has 2 nitrogen and oxygen atoms in total. The highest BCUT2D eigenvalue weighted by molar-refractivity contribution is 5.83. The lowest BCUT2D eigenvalue weighted by molar-refractivity contribution is -0.138. The highest BCUT2D eigenvalue weighted by atomic mass is 19.4. The van der Waals surface area contributed by atoms with Gasteiger partial charge >= 0.3 is 12.3 Å². The summed E-state index contributed by atoms with van der Waals surface area (Å²) in [5.74, 6) is 0. The number of carbonyl (C=O) groups excluding carboxylic acids is 1. The van der Waals surface area contributed by atoms with Gasteiger partial charge in [0.1, 0.15) is 0 Å². The summed E-state index contributed by atoms with van der Waals surface area (Å²) in [5, 5.41) is 1.64. The second kappa shape index (κ2) is 3.88. The number of carbonyl (C=O) groups is 1. The first kappa shape index (κ1) is 11.5. The summed E-state index contributed by atoms with van der Waals surface area (Å²) in [4.78, 5) is 10.0. The summed E-state index contributed by atoms with van der Waals surface area (Å²) in [6.07, 6.45) is -6.41. The average Bonchev–Trinajstić information content (AvgIpc) is 2.05. The van der Waals surface area contributed by atoms with Gasteiger partial charge in [-0.3, -0.25) is 5.32 Å². The smallest absolute Gasteiger partial charge is 0.298 e. The SMILES string of the molecule is Cc1ccc(NC(=O)F)cc1C(F)(F)F. The van der Waals surface area contributed by atoms with Crippen molar-refractivity contribution in [3.63, 3.8) is 0 Å². The monoisotopic (exact) mass is 221 g/mol. The van der Waals surface area contributed by atoms with Gasteiger partial charge in [-0.15, -0.1) is 4.39 Å². The number of halogens is 4. The van der Waals surface area contributed by atoms with E-state index in [0.717, 1.165) is 6.07 Å². The largest absolute Gasteiger partial charge is 0.416 e. The van der Waals surface area contributed by atoms with E-state index in [1.54, 1.807) is 5.32 Å². The Morgan fingerprint density at radius 1 is 1.33 bits per heavy atom. The molecule has 1 amide bonds. The topological polar surface area (TPSA) is 29.1 Å². The molecule has 0 heterocycles. The van der Waals surface area contributed by atoms with Crippen LogP contribution in [0.4, 0.5) is 28.0 Å². The Hall–Kier alpha value is -1.59. The molecule has 6 heteroatoms. The first-order valence-electron chi connectivity index (χ1n) is 3.95. The molecule has 15 heavy (non-hydrogen) atoms. The van der Waals surface area contributed by atoms with Gasteiger partial charge in [-0.2, -0.15) is 13.2 Å². The van der Waals surface area contributed by atoms with Crippen molar-refractivity contribution in [2.45, 2.75) is 13.1 Å². The Labute approximate surface area is 82.9 Å².